The Kier molecular flexibility index (Phi) is 4.21. The summed E-state index contributed by atoms with van der Waals surface area (Å²) in [4.78, 5) is 11.4. The molecule has 0 saturated heterocycles. The van der Waals surface area contributed by atoms with Crippen molar-refractivity contribution >= 4 is 40.5 Å². The van der Waals surface area contributed by atoms with Gasteiger partial charge < -0.3 is 11.1 Å². The van der Waals surface area contributed by atoms with Gasteiger partial charge in [0.05, 0.1) is 15.7 Å². The van der Waals surface area contributed by atoms with Crippen LogP contribution in [0, 0.1) is 0 Å². The van der Waals surface area contributed by atoms with Crippen molar-refractivity contribution in [1.82, 2.24) is 0 Å². The first kappa shape index (κ1) is 12.9. The zero-order valence-electron chi connectivity index (χ0n) is 8.97. The smallest absolute Gasteiger partial charge is 0.248 e. The Morgan fingerprint density at radius 2 is 1.81 bits per heavy atom. The Morgan fingerprint density at radius 3 is 2.25 bits per heavy atom. The predicted molar refractivity (Wildman–Crippen MR) is 68.9 cm³/mol. The summed E-state index contributed by atoms with van der Waals surface area (Å²) in [6.45, 7) is 3.67. The third kappa shape index (κ3) is 3.43. The molecule has 1 amide bonds. The summed E-state index contributed by atoms with van der Waals surface area (Å²) in [5.41, 5.74) is 7.31. The highest BCUT2D eigenvalue weighted by Gasteiger charge is 2.06. The van der Waals surface area contributed by atoms with Gasteiger partial charge in [-0.3, -0.25) is 4.79 Å². The molecule has 3 N–H and O–H groups in total. The monoisotopic (exact) mass is 258 g/mol. The molecule has 3 nitrogen and oxygen atoms in total. The van der Waals surface area contributed by atoms with Crippen molar-refractivity contribution in [1.29, 1.82) is 0 Å². The maximum Gasteiger partial charge on any atom is 0.248 e. The van der Waals surface area contributed by atoms with Crippen LogP contribution >= 0.6 is 23.2 Å². The molecule has 1 aromatic carbocycles. The van der Waals surface area contributed by atoms with E-state index in [-0.39, 0.29) is 5.91 Å². The number of hydrogen-bond donors (Lipinski definition) is 2. The molecule has 1 aromatic rings. The molecule has 0 saturated carbocycles. The van der Waals surface area contributed by atoms with Gasteiger partial charge in [0.15, 0.2) is 0 Å². The number of nitrogens with two attached hydrogens (primary N) is 1. The molecule has 0 aliphatic carbocycles. The average molecular weight is 259 g/mol. The number of rotatable bonds is 2. The van der Waals surface area contributed by atoms with Crippen molar-refractivity contribution in [2.45, 2.75) is 13.8 Å². The lowest BCUT2D eigenvalue weighted by molar-refractivity contribution is -0.111. The molecule has 0 heterocycles. The van der Waals surface area contributed by atoms with E-state index >= 15 is 0 Å². The van der Waals surface area contributed by atoms with Gasteiger partial charge in [-0.05, 0) is 26.0 Å². The highest BCUT2D eigenvalue weighted by atomic mass is 35.5. The van der Waals surface area contributed by atoms with Crippen molar-refractivity contribution in [2.75, 3.05) is 11.1 Å². The van der Waals surface area contributed by atoms with E-state index in [0.717, 1.165) is 5.57 Å². The number of nitrogen functional groups attached to an aromatic ring is 1. The second-order valence-corrected chi connectivity index (χ2v) is 4.38. The van der Waals surface area contributed by atoms with Gasteiger partial charge >= 0.3 is 0 Å². The number of carbonyl (C=O) groups is 1. The number of amides is 1. The fraction of sp³-hybridized carbons (Fsp3) is 0.182. The predicted octanol–water partition coefficient (Wildman–Crippen LogP) is 3.48. The van der Waals surface area contributed by atoms with Crippen LogP contribution in [0.4, 0.5) is 11.4 Å². The average Bonchev–Trinajstić information content (AvgIpc) is 2.12. The second kappa shape index (κ2) is 5.23. The third-order valence-corrected chi connectivity index (χ3v) is 2.39. The van der Waals surface area contributed by atoms with Gasteiger partial charge in [-0.1, -0.05) is 28.8 Å². The summed E-state index contributed by atoms with van der Waals surface area (Å²) in [7, 11) is 0. The molecule has 0 fully saturated rings. The Balaban J connectivity index is 2.91. The number of halogens is 2. The van der Waals surface area contributed by atoms with Crippen molar-refractivity contribution in [3.8, 4) is 0 Å². The molecule has 0 aliphatic heterocycles. The molecule has 0 spiro atoms. The topological polar surface area (TPSA) is 55.1 Å². The number of benzene rings is 1. The minimum Gasteiger partial charge on any atom is -0.396 e. The standard InChI is InChI=1S/C11H12Cl2N2O/c1-6(2)3-10(16)15-7-4-8(12)11(14)9(13)5-7/h3-5H,14H2,1-2H3,(H,15,16). The molecule has 5 heteroatoms. The lowest BCUT2D eigenvalue weighted by atomic mass is 10.2. The molecule has 1 rings (SSSR count). The molecule has 0 aromatic heterocycles. The lowest BCUT2D eigenvalue weighted by Crippen LogP contribution is -2.08. The molecule has 86 valence electrons. The number of anilines is 2. The molecule has 0 bridgehead atoms. The van der Waals surface area contributed by atoms with E-state index < -0.39 is 0 Å². The SMILES string of the molecule is CC(C)=CC(=O)Nc1cc(Cl)c(N)c(Cl)c1. The Labute approximate surface area is 104 Å². The van der Waals surface area contributed by atoms with Crippen LogP contribution in [-0.2, 0) is 4.79 Å². The largest absolute Gasteiger partial charge is 0.396 e. The summed E-state index contributed by atoms with van der Waals surface area (Å²) in [6, 6.07) is 3.11. The summed E-state index contributed by atoms with van der Waals surface area (Å²) in [5, 5.41) is 3.28. The Hall–Kier alpha value is -1.19. The lowest BCUT2D eigenvalue weighted by Gasteiger charge is -2.06. The molecule has 0 aliphatic rings. The fourth-order valence-corrected chi connectivity index (χ4v) is 1.58. The highest BCUT2D eigenvalue weighted by Crippen LogP contribution is 2.31. The molecular formula is C11H12Cl2N2O. The van der Waals surface area contributed by atoms with Gasteiger partial charge in [-0.2, -0.15) is 0 Å². The number of hydrogen-bond acceptors (Lipinski definition) is 2. The number of nitrogens with one attached hydrogen (secondary N) is 1. The normalized spacial score (nSPS) is 9.75. The Morgan fingerprint density at radius 1 is 1.31 bits per heavy atom. The maximum atomic E-state index is 11.4. The van der Waals surface area contributed by atoms with E-state index in [1.807, 2.05) is 13.8 Å². The first-order valence-corrected chi connectivity index (χ1v) is 5.36. The van der Waals surface area contributed by atoms with Gasteiger partial charge in [-0.15, -0.1) is 0 Å². The van der Waals surface area contributed by atoms with E-state index in [1.54, 1.807) is 12.1 Å². The molecular weight excluding hydrogens is 247 g/mol. The molecule has 0 radical (unpaired) electrons. The van der Waals surface area contributed by atoms with Crippen LogP contribution in [0.25, 0.3) is 0 Å². The van der Waals surface area contributed by atoms with Gasteiger partial charge in [0.25, 0.3) is 0 Å². The maximum absolute atomic E-state index is 11.4. The zero-order valence-corrected chi connectivity index (χ0v) is 10.5. The zero-order chi connectivity index (χ0) is 12.3. The fourth-order valence-electron chi connectivity index (χ4n) is 1.10. The van der Waals surface area contributed by atoms with Crippen LogP contribution in [-0.4, -0.2) is 5.91 Å². The Bertz CT molecular complexity index is 428. The molecule has 16 heavy (non-hydrogen) atoms. The molecule has 0 unspecified atom stereocenters. The van der Waals surface area contributed by atoms with Crippen molar-refractivity contribution in [3.05, 3.63) is 33.8 Å². The van der Waals surface area contributed by atoms with E-state index in [9.17, 15) is 4.79 Å². The quantitative estimate of drug-likeness (QED) is 0.631. The summed E-state index contributed by atoms with van der Waals surface area (Å²) < 4.78 is 0. The van der Waals surface area contributed by atoms with Crippen LogP contribution in [0.2, 0.25) is 10.0 Å². The van der Waals surface area contributed by atoms with Gasteiger partial charge in [-0.25, -0.2) is 0 Å². The van der Waals surface area contributed by atoms with Crippen LogP contribution < -0.4 is 11.1 Å². The summed E-state index contributed by atoms with van der Waals surface area (Å²) in [5.74, 6) is -0.225. The number of carbonyl (C=O) groups excluding carboxylic acids is 1. The van der Waals surface area contributed by atoms with Crippen molar-refractivity contribution in [3.63, 3.8) is 0 Å². The highest BCUT2D eigenvalue weighted by molar-refractivity contribution is 6.39. The minimum atomic E-state index is -0.225. The van der Waals surface area contributed by atoms with Crippen LogP contribution in [0.5, 0.6) is 0 Å². The minimum absolute atomic E-state index is 0.225. The van der Waals surface area contributed by atoms with Crippen molar-refractivity contribution < 1.29 is 4.79 Å². The van der Waals surface area contributed by atoms with Crippen LogP contribution in [0.1, 0.15) is 13.8 Å². The van der Waals surface area contributed by atoms with E-state index in [0.29, 0.717) is 21.4 Å². The van der Waals surface area contributed by atoms with Crippen LogP contribution in [0.15, 0.2) is 23.8 Å². The summed E-state index contributed by atoms with van der Waals surface area (Å²) in [6.07, 6.45) is 1.48. The van der Waals surface area contributed by atoms with Crippen molar-refractivity contribution in [2.24, 2.45) is 0 Å². The van der Waals surface area contributed by atoms with Gasteiger partial charge in [0.2, 0.25) is 5.91 Å². The van der Waals surface area contributed by atoms with Gasteiger partial charge in [0, 0.05) is 11.8 Å². The van der Waals surface area contributed by atoms with Crippen LogP contribution in [0.3, 0.4) is 0 Å². The molecule has 0 atom stereocenters. The van der Waals surface area contributed by atoms with E-state index in [4.69, 9.17) is 28.9 Å². The van der Waals surface area contributed by atoms with E-state index in [2.05, 4.69) is 5.32 Å². The third-order valence-electron chi connectivity index (χ3n) is 1.77. The first-order valence-electron chi connectivity index (χ1n) is 4.60. The summed E-state index contributed by atoms with van der Waals surface area (Å²) >= 11 is 11.7. The van der Waals surface area contributed by atoms with E-state index in [1.165, 1.54) is 6.08 Å². The number of allylic oxidation sites excluding steroid dienone is 1. The second-order valence-electron chi connectivity index (χ2n) is 3.56. The first-order chi connectivity index (χ1) is 7.40. The van der Waals surface area contributed by atoms with Gasteiger partial charge in [0.1, 0.15) is 0 Å².